The number of aliphatic carboxylic acids is 1. The third-order valence-corrected chi connectivity index (χ3v) is 2.71. The fourth-order valence-corrected chi connectivity index (χ4v) is 1.38. The average molecular weight is 244 g/mol. The monoisotopic (exact) mass is 244 g/mol. The maximum Gasteiger partial charge on any atom is 0.323 e. The largest absolute Gasteiger partial charge is 0.480 e. The van der Waals surface area contributed by atoms with Crippen molar-refractivity contribution in [2.45, 2.75) is 46.1 Å². The van der Waals surface area contributed by atoms with Crippen LogP contribution in [0.25, 0.3) is 0 Å². The lowest BCUT2D eigenvalue weighted by Crippen LogP contribution is -2.52. The van der Waals surface area contributed by atoms with E-state index in [0.717, 1.165) is 6.42 Å². The van der Waals surface area contributed by atoms with Crippen LogP contribution in [0.3, 0.4) is 0 Å². The second-order valence-electron chi connectivity index (χ2n) is 4.88. The van der Waals surface area contributed by atoms with E-state index in [-0.39, 0.29) is 12.5 Å². The molecule has 5 nitrogen and oxygen atoms in total. The lowest BCUT2D eigenvalue weighted by atomic mass is 9.92. The molecule has 0 aromatic heterocycles. The minimum absolute atomic E-state index is 0.0364. The molecule has 0 heterocycles. The van der Waals surface area contributed by atoms with Gasteiger partial charge in [-0.05, 0) is 32.6 Å². The van der Waals surface area contributed by atoms with Gasteiger partial charge < -0.3 is 10.4 Å². The minimum Gasteiger partial charge on any atom is -0.480 e. The molecule has 0 spiro atoms. The van der Waals surface area contributed by atoms with Crippen molar-refractivity contribution in [2.75, 3.05) is 13.1 Å². The average Bonchev–Trinajstić information content (AvgIpc) is 2.23. The zero-order valence-electron chi connectivity index (χ0n) is 11.2. The Kier molecular flexibility index (Phi) is 6.80. The fourth-order valence-electron chi connectivity index (χ4n) is 1.38. The predicted molar refractivity (Wildman–Crippen MR) is 66.8 cm³/mol. The maximum absolute atomic E-state index is 11.3. The number of rotatable bonds is 8. The van der Waals surface area contributed by atoms with Crippen LogP contribution in [0.5, 0.6) is 0 Å². The van der Waals surface area contributed by atoms with E-state index >= 15 is 0 Å². The molecular weight excluding hydrogens is 220 g/mol. The van der Waals surface area contributed by atoms with Crippen LogP contribution in [0.1, 0.15) is 40.5 Å². The number of carbonyl (C=O) groups is 2. The number of carbonyl (C=O) groups excluding carboxylic acids is 1. The minimum atomic E-state index is -1.03. The topological polar surface area (TPSA) is 78.4 Å². The first-order valence-electron chi connectivity index (χ1n) is 6.07. The quantitative estimate of drug-likeness (QED) is 0.595. The second kappa shape index (κ2) is 7.27. The number of hydrogen-bond donors (Lipinski definition) is 3. The van der Waals surface area contributed by atoms with Crippen LogP contribution in [0.2, 0.25) is 0 Å². The molecule has 0 bridgehead atoms. The lowest BCUT2D eigenvalue weighted by Gasteiger charge is -2.26. The van der Waals surface area contributed by atoms with Crippen molar-refractivity contribution in [2.24, 2.45) is 5.92 Å². The highest BCUT2D eigenvalue weighted by Gasteiger charge is 2.32. The number of hydrogen-bond acceptors (Lipinski definition) is 3. The zero-order valence-corrected chi connectivity index (χ0v) is 11.2. The van der Waals surface area contributed by atoms with Crippen molar-refractivity contribution in [3.05, 3.63) is 0 Å². The molecule has 100 valence electrons. The molecule has 0 aromatic rings. The summed E-state index contributed by atoms with van der Waals surface area (Å²) in [6, 6.07) is 0. The molecule has 1 atom stereocenters. The molecule has 0 fully saturated rings. The summed E-state index contributed by atoms with van der Waals surface area (Å²) in [6.07, 6.45) is 1.32. The van der Waals surface area contributed by atoms with Gasteiger partial charge in [0.2, 0.25) is 5.91 Å². The van der Waals surface area contributed by atoms with E-state index in [1.807, 2.05) is 20.8 Å². The summed E-state index contributed by atoms with van der Waals surface area (Å²) in [6.45, 7) is 8.13. The first kappa shape index (κ1) is 15.9. The molecular formula is C12H24N2O3. The van der Waals surface area contributed by atoms with E-state index in [2.05, 4.69) is 10.6 Å². The van der Waals surface area contributed by atoms with Crippen molar-refractivity contribution >= 4 is 11.9 Å². The van der Waals surface area contributed by atoms with E-state index in [9.17, 15) is 14.7 Å². The third kappa shape index (κ3) is 6.26. The van der Waals surface area contributed by atoms with Gasteiger partial charge in [-0.15, -0.1) is 0 Å². The molecule has 0 aliphatic carbocycles. The van der Waals surface area contributed by atoms with Crippen LogP contribution < -0.4 is 10.6 Å². The van der Waals surface area contributed by atoms with Gasteiger partial charge >= 0.3 is 5.97 Å². The first-order chi connectivity index (χ1) is 7.81. The molecule has 17 heavy (non-hydrogen) atoms. The molecule has 1 amide bonds. The molecule has 5 heteroatoms. The van der Waals surface area contributed by atoms with Crippen molar-refractivity contribution in [1.82, 2.24) is 10.6 Å². The highest BCUT2D eigenvalue weighted by atomic mass is 16.4. The van der Waals surface area contributed by atoms with E-state index in [4.69, 9.17) is 0 Å². The summed E-state index contributed by atoms with van der Waals surface area (Å²) in [5.74, 6) is -0.646. The van der Waals surface area contributed by atoms with Crippen LogP contribution in [-0.4, -0.2) is 35.6 Å². The Bertz CT molecular complexity index is 266. The molecule has 0 aromatic carbocycles. The zero-order chi connectivity index (χ0) is 13.5. The molecule has 3 N–H and O–H groups in total. The SMILES string of the molecule is CCNC(=O)CNC(C)(CCC(C)C)C(=O)O. The highest BCUT2D eigenvalue weighted by molar-refractivity contribution is 5.81. The standard InChI is InChI=1S/C12H24N2O3/c1-5-13-10(15)8-14-12(4,11(16)17)7-6-9(2)3/h9,14H,5-8H2,1-4H3,(H,13,15)(H,16,17). The third-order valence-electron chi connectivity index (χ3n) is 2.71. The molecule has 0 radical (unpaired) electrons. The number of carboxylic acids is 1. The smallest absolute Gasteiger partial charge is 0.323 e. The van der Waals surface area contributed by atoms with Gasteiger partial charge in [-0.25, -0.2) is 0 Å². The molecule has 1 unspecified atom stereocenters. The van der Waals surface area contributed by atoms with Gasteiger partial charge in [0.15, 0.2) is 0 Å². The Labute approximate surface area is 103 Å². The van der Waals surface area contributed by atoms with Gasteiger partial charge in [-0.1, -0.05) is 13.8 Å². The Morgan fingerprint density at radius 2 is 1.94 bits per heavy atom. The van der Waals surface area contributed by atoms with E-state index in [1.54, 1.807) is 6.92 Å². The Hall–Kier alpha value is -1.10. The van der Waals surface area contributed by atoms with Crippen molar-refractivity contribution in [3.63, 3.8) is 0 Å². The Balaban J connectivity index is 4.31. The summed E-state index contributed by atoms with van der Waals surface area (Å²) in [7, 11) is 0. The first-order valence-corrected chi connectivity index (χ1v) is 6.07. The van der Waals surface area contributed by atoms with Crippen molar-refractivity contribution in [1.29, 1.82) is 0 Å². The van der Waals surface area contributed by atoms with Gasteiger partial charge in [0, 0.05) is 6.54 Å². The summed E-state index contributed by atoms with van der Waals surface area (Å²) >= 11 is 0. The van der Waals surface area contributed by atoms with Crippen LogP contribution in [0, 0.1) is 5.92 Å². The van der Waals surface area contributed by atoms with Crippen LogP contribution in [0.15, 0.2) is 0 Å². The molecule has 0 saturated heterocycles. The van der Waals surface area contributed by atoms with Gasteiger partial charge in [-0.3, -0.25) is 14.9 Å². The van der Waals surface area contributed by atoms with Crippen LogP contribution in [-0.2, 0) is 9.59 Å². The van der Waals surface area contributed by atoms with Gasteiger partial charge in [0.05, 0.1) is 6.54 Å². The predicted octanol–water partition coefficient (Wildman–Crippen LogP) is 0.992. The molecule has 0 saturated carbocycles. The number of nitrogens with one attached hydrogen (secondary N) is 2. The second-order valence-corrected chi connectivity index (χ2v) is 4.88. The molecule has 0 rings (SSSR count). The number of amides is 1. The molecule has 0 aliphatic heterocycles. The molecule has 0 aliphatic rings. The summed E-state index contributed by atoms with van der Waals surface area (Å²) < 4.78 is 0. The van der Waals surface area contributed by atoms with Gasteiger partial charge in [-0.2, -0.15) is 0 Å². The van der Waals surface area contributed by atoms with Gasteiger partial charge in [0.1, 0.15) is 5.54 Å². The normalized spacial score (nSPS) is 14.4. The fraction of sp³-hybridized carbons (Fsp3) is 0.833. The summed E-state index contributed by atoms with van der Waals surface area (Å²) in [4.78, 5) is 22.5. The van der Waals surface area contributed by atoms with E-state index < -0.39 is 11.5 Å². The van der Waals surface area contributed by atoms with Crippen LogP contribution >= 0.6 is 0 Å². The highest BCUT2D eigenvalue weighted by Crippen LogP contribution is 2.16. The lowest BCUT2D eigenvalue weighted by molar-refractivity contribution is -0.144. The van der Waals surface area contributed by atoms with Crippen LogP contribution in [0.4, 0.5) is 0 Å². The summed E-state index contributed by atoms with van der Waals surface area (Å²) in [5.41, 5.74) is -1.03. The van der Waals surface area contributed by atoms with E-state index in [1.165, 1.54) is 0 Å². The maximum atomic E-state index is 11.3. The number of carboxylic acid groups (broad SMARTS) is 1. The van der Waals surface area contributed by atoms with Crippen molar-refractivity contribution < 1.29 is 14.7 Å². The van der Waals surface area contributed by atoms with Crippen molar-refractivity contribution in [3.8, 4) is 0 Å². The number of likely N-dealkylation sites (N-methyl/N-ethyl adjacent to an activating group) is 1. The Morgan fingerprint density at radius 1 is 1.35 bits per heavy atom. The Morgan fingerprint density at radius 3 is 2.35 bits per heavy atom. The van der Waals surface area contributed by atoms with E-state index in [0.29, 0.717) is 18.9 Å². The summed E-state index contributed by atoms with van der Waals surface area (Å²) in [5, 5.41) is 14.6. The van der Waals surface area contributed by atoms with Gasteiger partial charge in [0.25, 0.3) is 0 Å².